The second-order valence-corrected chi connectivity index (χ2v) is 4.43. The highest BCUT2D eigenvalue weighted by atomic mass is 19.1. The van der Waals surface area contributed by atoms with Crippen LogP contribution in [0.3, 0.4) is 0 Å². The average molecular weight is 271 g/mol. The van der Waals surface area contributed by atoms with Crippen molar-refractivity contribution in [2.45, 2.75) is 19.5 Å². The van der Waals surface area contributed by atoms with E-state index in [0.717, 1.165) is 12.1 Å². The van der Waals surface area contributed by atoms with Crippen LogP contribution >= 0.6 is 0 Å². The molecule has 0 bridgehead atoms. The molecule has 0 aromatic heterocycles. The Balaban J connectivity index is 2.90. The lowest BCUT2D eigenvalue weighted by molar-refractivity contribution is -0.139. The molecule has 0 aliphatic rings. The molecule has 0 fully saturated rings. The van der Waals surface area contributed by atoms with Crippen molar-refractivity contribution in [1.29, 1.82) is 0 Å². The summed E-state index contributed by atoms with van der Waals surface area (Å²) >= 11 is 0. The number of hydrogen-bond acceptors (Lipinski definition) is 3. The molecule has 4 nitrogen and oxygen atoms in total. The predicted octanol–water partition coefficient (Wildman–Crippen LogP) is 1.93. The van der Waals surface area contributed by atoms with E-state index in [4.69, 9.17) is 0 Å². The Labute approximate surface area is 109 Å². The molecule has 0 atom stereocenters. The van der Waals surface area contributed by atoms with Crippen LogP contribution in [0.2, 0.25) is 0 Å². The largest absolute Gasteiger partial charge is 0.468 e. The molecule has 0 saturated carbocycles. The van der Waals surface area contributed by atoms with E-state index in [1.165, 1.54) is 27.0 Å². The third-order valence-electron chi connectivity index (χ3n) is 2.49. The number of carbonyl (C=O) groups excluding carboxylic acids is 2. The van der Waals surface area contributed by atoms with E-state index in [-0.39, 0.29) is 17.7 Å². The zero-order valence-electron chi connectivity index (χ0n) is 10.9. The minimum Gasteiger partial charge on any atom is -0.468 e. The van der Waals surface area contributed by atoms with Gasteiger partial charge < -0.3 is 10.1 Å². The molecule has 1 aromatic carbocycles. The summed E-state index contributed by atoms with van der Waals surface area (Å²) in [7, 11) is 1.19. The average Bonchev–Trinajstić information content (AvgIpc) is 2.34. The van der Waals surface area contributed by atoms with Gasteiger partial charge in [0.1, 0.15) is 18.0 Å². The van der Waals surface area contributed by atoms with Crippen LogP contribution in [0.25, 0.3) is 0 Å². The van der Waals surface area contributed by atoms with E-state index in [9.17, 15) is 18.4 Å². The topological polar surface area (TPSA) is 55.4 Å². The molecule has 1 N–H and O–H groups in total. The maximum atomic E-state index is 13.7. The van der Waals surface area contributed by atoms with E-state index in [1.807, 2.05) is 0 Å². The molecule has 1 rings (SSSR count). The number of rotatable bonds is 4. The lowest BCUT2D eigenvalue weighted by Gasteiger charge is -2.16. The van der Waals surface area contributed by atoms with Crippen LogP contribution in [0.1, 0.15) is 29.8 Å². The summed E-state index contributed by atoms with van der Waals surface area (Å²) in [6, 6.07) is 3.36. The first-order valence-corrected chi connectivity index (χ1v) is 5.59. The maximum absolute atomic E-state index is 13.7. The predicted molar refractivity (Wildman–Crippen MR) is 64.9 cm³/mol. The molecular formula is C13H15F2NO3. The number of esters is 1. The smallest absolute Gasteiger partial charge is 0.325 e. The zero-order chi connectivity index (χ0) is 14.6. The molecule has 1 aromatic rings. The first kappa shape index (κ1) is 15.1. The summed E-state index contributed by atoms with van der Waals surface area (Å²) in [6.45, 7) is 2.09. The number of hydrogen-bond donors (Lipinski definition) is 1. The van der Waals surface area contributed by atoms with Gasteiger partial charge in [0, 0.05) is 11.1 Å². The molecule has 6 heteroatoms. The van der Waals surface area contributed by atoms with E-state index < -0.39 is 23.4 Å². The Morgan fingerprint density at radius 1 is 1.37 bits per heavy atom. The van der Waals surface area contributed by atoms with E-state index in [2.05, 4.69) is 10.1 Å². The van der Waals surface area contributed by atoms with Crippen molar-refractivity contribution < 1.29 is 23.1 Å². The molecule has 19 heavy (non-hydrogen) atoms. The molecule has 0 aliphatic carbocycles. The van der Waals surface area contributed by atoms with Gasteiger partial charge in [0.2, 0.25) is 0 Å². The van der Waals surface area contributed by atoms with Gasteiger partial charge in [-0.1, -0.05) is 0 Å². The monoisotopic (exact) mass is 271 g/mol. The zero-order valence-corrected chi connectivity index (χ0v) is 10.9. The van der Waals surface area contributed by atoms with Gasteiger partial charge in [-0.25, -0.2) is 8.78 Å². The minimum absolute atomic E-state index is 0.0750. The SMILES string of the molecule is COC(=O)CNC(=O)c1ccc(F)c(C(C)(C)F)c1. The maximum Gasteiger partial charge on any atom is 0.325 e. The highest BCUT2D eigenvalue weighted by Crippen LogP contribution is 2.27. The summed E-state index contributed by atoms with van der Waals surface area (Å²) in [5.41, 5.74) is -2.04. The summed E-state index contributed by atoms with van der Waals surface area (Å²) in [4.78, 5) is 22.6. The van der Waals surface area contributed by atoms with Crippen molar-refractivity contribution in [3.63, 3.8) is 0 Å². The van der Waals surface area contributed by atoms with E-state index in [0.29, 0.717) is 0 Å². The summed E-state index contributed by atoms with van der Waals surface area (Å²) in [5, 5.41) is 2.29. The summed E-state index contributed by atoms with van der Waals surface area (Å²) < 4.78 is 31.6. The molecule has 0 aliphatic heterocycles. The number of benzene rings is 1. The molecule has 0 radical (unpaired) electrons. The number of carbonyl (C=O) groups is 2. The number of methoxy groups -OCH3 is 1. The van der Waals surface area contributed by atoms with Gasteiger partial charge in [0.05, 0.1) is 7.11 Å². The molecule has 0 saturated heterocycles. The Morgan fingerprint density at radius 2 is 2.00 bits per heavy atom. The number of nitrogens with one attached hydrogen (secondary N) is 1. The summed E-state index contributed by atoms with van der Waals surface area (Å²) in [6.07, 6.45) is 0. The first-order valence-electron chi connectivity index (χ1n) is 5.59. The van der Waals surface area contributed by atoms with Crippen molar-refractivity contribution in [3.8, 4) is 0 Å². The molecular weight excluding hydrogens is 256 g/mol. The third kappa shape index (κ3) is 4.01. The van der Waals surface area contributed by atoms with Crippen molar-refractivity contribution >= 4 is 11.9 Å². The first-order chi connectivity index (χ1) is 8.75. The van der Waals surface area contributed by atoms with Gasteiger partial charge in [-0.2, -0.15) is 0 Å². The Hall–Kier alpha value is -1.98. The van der Waals surface area contributed by atoms with Crippen LogP contribution in [0.5, 0.6) is 0 Å². The van der Waals surface area contributed by atoms with Gasteiger partial charge in [0.25, 0.3) is 5.91 Å². The second-order valence-electron chi connectivity index (χ2n) is 4.43. The van der Waals surface area contributed by atoms with Crippen LogP contribution in [0, 0.1) is 5.82 Å². The van der Waals surface area contributed by atoms with Crippen LogP contribution in [0.4, 0.5) is 8.78 Å². The number of alkyl halides is 1. The minimum atomic E-state index is -1.90. The molecule has 0 unspecified atom stereocenters. The van der Waals surface area contributed by atoms with Crippen LogP contribution in [-0.2, 0) is 15.2 Å². The quantitative estimate of drug-likeness (QED) is 0.851. The van der Waals surface area contributed by atoms with Gasteiger partial charge in [-0.3, -0.25) is 9.59 Å². The number of halogens is 2. The Morgan fingerprint density at radius 3 is 2.53 bits per heavy atom. The van der Waals surface area contributed by atoms with Gasteiger partial charge >= 0.3 is 5.97 Å². The molecule has 0 spiro atoms. The Kier molecular flexibility index (Phi) is 4.58. The van der Waals surface area contributed by atoms with Gasteiger partial charge in [-0.05, 0) is 32.0 Å². The highest BCUT2D eigenvalue weighted by Gasteiger charge is 2.24. The second kappa shape index (κ2) is 5.77. The van der Waals surface area contributed by atoms with Crippen LogP contribution in [-0.4, -0.2) is 25.5 Å². The standard InChI is InChI=1S/C13H15F2NO3/c1-13(2,15)9-6-8(4-5-10(9)14)12(18)16-7-11(17)19-3/h4-6H,7H2,1-3H3,(H,16,18). The van der Waals surface area contributed by atoms with Crippen molar-refractivity contribution in [3.05, 3.63) is 35.1 Å². The number of ether oxygens (including phenoxy) is 1. The van der Waals surface area contributed by atoms with Crippen LogP contribution < -0.4 is 5.32 Å². The fraction of sp³-hybridized carbons (Fsp3) is 0.385. The fourth-order valence-corrected chi connectivity index (χ4v) is 1.45. The third-order valence-corrected chi connectivity index (χ3v) is 2.49. The van der Waals surface area contributed by atoms with Crippen molar-refractivity contribution in [2.24, 2.45) is 0 Å². The van der Waals surface area contributed by atoms with E-state index in [1.54, 1.807) is 0 Å². The highest BCUT2D eigenvalue weighted by molar-refractivity contribution is 5.96. The Bertz CT molecular complexity index is 495. The van der Waals surface area contributed by atoms with E-state index >= 15 is 0 Å². The summed E-state index contributed by atoms with van der Waals surface area (Å²) in [5.74, 6) is -1.94. The van der Waals surface area contributed by atoms with Crippen LogP contribution in [0.15, 0.2) is 18.2 Å². The van der Waals surface area contributed by atoms with Crippen molar-refractivity contribution in [2.75, 3.05) is 13.7 Å². The number of amides is 1. The van der Waals surface area contributed by atoms with Gasteiger partial charge in [-0.15, -0.1) is 0 Å². The molecule has 0 heterocycles. The lowest BCUT2D eigenvalue weighted by Crippen LogP contribution is -2.30. The fourth-order valence-electron chi connectivity index (χ4n) is 1.45. The van der Waals surface area contributed by atoms with Gasteiger partial charge in [0.15, 0.2) is 0 Å². The molecule has 1 amide bonds. The lowest BCUT2D eigenvalue weighted by atomic mass is 9.97. The normalized spacial score (nSPS) is 11.0. The van der Waals surface area contributed by atoms with Crippen molar-refractivity contribution in [1.82, 2.24) is 5.32 Å². The molecule has 104 valence electrons.